The number of nitrogens with one attached hydrogen (secondary N) is 2. The van der Waals surface area contributed by atoms with Crippen LogP contribution < -0.4 is 9.62 Å². The van der Waals surface area contributed by atoms with Crippen LogP contribution in [0.2, 0.25) is 0 Å². The molecule has 0 aliphatic carbocycles. The van der Waals surface area contributed by atoms with Crippen molar-refractivity contribution in [1.82, 2.24) is 15.0 Å². The van der Waals surface area contributed by atoms with Crippen LogP contribution in [0.5, 0.6) is 0 Å². The SMILES string of the molecule is Cc1cc(C)nc(NS(=O)(=O)c2ccc(N3CC(O)=C(c4nc5ccccc5s4)C3=N)cc2)n1. The molecule has 0 saturated carbocycles. The van der Waals surface area contributed by atoms with Gasteiger partial charge in [0.2, 0.25) is 5.95 Å². The minimum absolute atomic E-state index is 0.0116. The van der Waals surface area contributed by atoms with Crippen LogP contribution in [-0.2, 0) is 10.0 Å². The number of aromatic nitrogens is 3. The number of nitrogens with zero attached hydrogens (tertiary/aromatic N) is 4. The van der Waals surface area contributed by atoms with Crippen molar-refractivity contribution in [3.8, 4) is 0 Å². The summed E-state index contributed by atoms with van der Waals surface area (Å²) in [6.45, 7) is 3.63. The molecule has 4 aromatic rings. The molecule has 0 amide bonds. The first-order valence-corrected chi connectivity index (χ1v) is 12.6. The molecule has 11 heteroatoms. The predicted octanol–water partition coefficient (Wildman–Crippen LogP) is 4.27. The Bertz CT molecular complexity index is 1520. The Balaban J connectivity index is 1.38. The van der Waals surface area contributed by atoms with E-state index in [9.17, 15) is 13.5 Å². The minimum Gasteiger partial charge on any atom is -0.510 e. The van der Waals surface area contributed by atoms with E-state index in [0.29, 0.717) is 27.7 Å². The summed E-state index contributed by atoms with van der Waals surface area (Å²) in [5, 5.41) is 19.8. The van der Waals surface area contributed by atoms with Gasteiger partial charge in [0, 0.05) is 17.1 Å². The fourth-order valence-corrected chi connectivity index (χ4v) is 5.74. The molecule has 2 aromatic heterocycles. The van der Waals surface area contributed by atoms with E-state index in [1.807, 2.05) is 24.3 Å². The summed E-state index contributed by atoms with van der Waals surface area (Å²) in [7, 11) is -3.90. The van der Waals surface area contributed by atoms with E-state index in [0.717, 1.165) is 10.2 Å². The number of aliphatic hydroxyl groups excluding tert-OH is 1. The first kappa shape index (κ1) is 22.0. The van der Waals surface area contributed by atoms with Gasteiger partial charge in [0.15, 0.2) is 0 Å². The number of anilines is 2. The largest absolute Gasteiger partial charge is 0.510 e. The van der Waals surface area contributed by atoms with E-state index in [2.05, 4.69) is 19.7 Å². The van der Waals surface area contributed by atoms with E-state index < -0.39 is 10.0 Å². The maximum atomic E-state index is 12.8. The van der Waals surface area contributed by atoms with Gasteiger partial charge in [-0.05, 0) is 56.3 Å². The van der Waals surface area contributed by atoms with E-state index in [1.165, 1.54) is 23.5 Å². The summed E-state index contributed by atoms with van der Waals surface area (Å²) in [6, 6.07) is 15.5. The molecule has 0 saturated heterocycles. The summed E-state index contributed by atoms with van der Waals surface area (Å²) in [4.78, 5) is 14.4. The molecule has 172 valence electrons. The van der Waals surface area contributed by atoms with Crippen LogP contribution in [0.4, 0.5) is 11.6 Å². The molecule has 1 aliphatic heterocycles. The number of para-hydroxylation sites is 1. The zero-order valence-corrected chi connectivity index (χ0v) is 19.9. The Hall–Kier alpha value is -3.83. The van der Waals surface area contributed by atoms with Gasteiger partial charge in [-0.15, -0.1) is 11.3 Å². The highest BCUT2D eigenvalue weighted by atomic mass is 32.2. The number of thiazole rings is 1. The lowest BCUT2D eigenvalue weighted by Gasteiger charge is -2.19. The monoisotopic (exact) mass is 492 g/mol. The van der Waals surface area contributed by atoms with Crippen molar-refractivity contribution in [2.75, 3.05) is 16.2 Å². The third-order valence-corrected chi connectivity index (χ3v) is 7.68. The van der Waals surface area contributed by atoms with Crippen LogP contribution in [0.1, 0.15) is 16.4 Å². The van der Waals surface area contributed by atoms with Gasteiger partial charge in [-0.1, -0.05) is 12.1 Å². The van der Waals surface area contributed by atoms with Crippen molar-refractivity contribution in [3.05, 3.63) is 76.8 Å². The zero-order valence-electron chi connectivity index (χ0n) is 18.3. The Labute approximate surface area is 200 Å². The molecule has 0 fully saturated rings. The van der Waals surface area contributed by atoms with Crippen molar-refractivity contribution in [2.45, 2.75) is 18.7 Å². The molecule has 34 heavy (non-hydrogen) atoms. The van der Waals surface area contributed by atoms with Crippen molar-refractivity contribution in [2.24, 2.45) is 0 Å². The number of aliphatic hydroxyl groups is 1. The molecule has 0 atom stereocenters. The second kappa shape index (κ2) is 8.19. The number of fused-ring (bicyclic) bond motifs is 1. The molecule has 0 unspecified atom stereocenters. The lowest BCUT2D eigenvalue weighted by Crippen LogP contribution is -2.26. The first-order valence-electron chi connectivity index (χ1n) is 10.3. The zero-order chi connectivity index (χ0) is 24.0. The lowest BCUT2D eigenvalue weighted by atomic mass is 10.2. The number of aryl methyl sites for hydroxylation is 2. The number of rotatable bonds is 5. The average Bonchev–Trinajstić information content (AvgIpc) is 3.32. The van der Waals surface area contributed by atoms with Crippen LogP contribution >= 0.6 is 11.3 Å². The summed E-state index contributed by atoms with van der Waals surface area (Å²) in [6.07, 6.45) is 0. The molecule has 3 N–H and O–H groups in total. The average molecular weight is 493 g/mol. The topological polar surface area (TPSA) is 132 Å². The Morgan fingerprint density at radius 1 is 1.03 bits per heavy atom. The van der Waals surface area contributed by atoms with Gasteiger partial charge in [-0.25, -0.2) is 28.1 Å². The van der Waals surface area contributed by atoms with E-state index >= 15 is 0 Å². The predicted molar refractivity (Wildman–Crippen MR) is 133 cm³/mol. The lowest BCUT2D eigenvalue weighted by molar-refractivity contribution is 0.411. The van der Waals surface area contributed by atoms with Crippen LogP contribution in [0, 0.1) is 19.3 Å². The van der Waals surface area contributed by atoms with Gasteiger partial charge in [0.05, 0.1) is 27.2 Å². The van der Waals surface area contributed by atoms with Gasteiger partial charge in [-0.2, -0.15) is 0 Å². The third-order valence-electron chi connectivity index (χ3n) is 5.28. The van der Waals surface area contributed by atoms with Gasteiger partial charge in [0.25, 0.3) is 10.0 Å². The molecule has 0 radical (unpaired) electrons. The molecule has 0 bridgehead atoms. The summed E-state index contributed by atoms with van der Waals surface area (Å²) >= 11 is 1.41. The van der Waals surface area contributed by atoms with Crippen LogP contribution in [0.15, 0.2) is 65.3 Å². The molecular weight excluding hydrogens is 472 g/mol. The maximum absolute atomic E-state index is 12.8. The van der Waals surface area contributed by atoms with Crippen molar-refractivity contribution in [3.63, 3.8) is 0 Å². The fraction of sp³-hybridized carbons (Fsp3) is 0.130. The number of amidine groups is 1. The van der Waals surface area contributed by atoms with Gasteiger partial charge < -0.3 is 10.0 Å². The van der Waals surface area contributed by atoms with Gasteiger partial charge in [-0.3, -0.25) is 5.41 Å². The Morgan fingerprint density at radius 3 is 2.38 bits per heavy atom. The second-order valence-corrected chi connectivity index (χ2v) is 10.5. The molecule has 2 aromatic carbocycles. The normalized spacial score (nSPS) is 14.3. The maximum Gasteiger partial charge on any atom is 0.264 e. The highest BCUT2D eigenvalue weighted by Gasteiger charge is 2.31. The molecule has 3 heterocycles. The highest BCUT2D eigenvalue weighted by Crippen LogP contribution is 2.35. The van der Waals surface area contributed by atoms with Crippen molar-refractivity contribution >= 4 is 54.6 Å². The third kappa shape index (κ3) is 3.99. The summed E-state index contributed by atoms with van der Waals surface area (Å²) in [5.74, 6) is 0.167. The standard InChI is InChI=1S/C23H20N6O3S2/c1-13-11-14(2)26-23(25-13)28-34(31,32)16-9-7-15(8-10-16)29-12-18(30)20(21(29)24)22-27-17-5-3-4-6-19(17)33-22/h3-11,24,30H,12H2,1-2H3,(H,25,26,28). The smallest absolute Gasteiger partial charge is 0.264 e. The van der Waals surface area contributed by atoms with Gasteiger partial charge in [0.1, 0.15) is 16.6 Å². The summed E-state index contributed by atoms with van der Waals surface area (Å²) < 4.78 is 29.0. The van der Waals surface area contributed by atoms with Crippen LogP contribution in [0.3, 0.4) is 0 Å². The number of hydrogen-bond donors (Lipinski definition) is 3. The molecule has 5 rings (SSSR count). The van der Waals surface area contributed by atoms with Crippen LogP contribution in [-0.4, -0.2) is 40.9 Å². The highest BCUT2D eigenvalue weighted by molar-refractivity contribution is 7.92. The van der Waals surface area contributed by atoms with Gasteiger partial charge >= 0.3 is 0 Å². The minimum atomic E-state index is -3.90. The number of benzene rings is 2. The van der Waals surface area contributed by atoms with E-state index in [1.54, 1.807) is 36.9 Å². The summed E-state index contributed by atoms with van der Waals surface area (Å²) in [5.41, 5.74) is 3.08. The van der Waals surface area contributed by atoms with E-state index in [4.69, 9.17) is 5.41 Å². The van der Waals surface area contributed by atoms with Crippen molar-refractivity contribution in [1.29, 1.82) is 5.41 Å². The Kier molecular flexibility index (Phi) is 5.29. The quantitative estimate of drug-likeness (QED) is 0.379. The Morgan fingerprint density at radius 2 is 1.71 bits per heavy atom. The van der Waals surface area contributed by atoms with E-state index in [-0.39, 0.29) is 29.0 Å². The van der Waals surface area contributed by atoms with Crippen molar-refractivity contribution < 1.29 is 13.5 Å². The molecule has 1 aliphatic rings. The second-order valence-electron chi connectivity index (χ2n) is 7.82. The molecule has 9 nitrogen and oxygen atoms in total. The molecular formula is C23H20N6O3S2. The molecule has 0 spiro atoms. The first-order chi connectivity index (χ1) is 16.2. The fourth-order valence-electron chi connectivity index (χ4n) is 3.76. The number of hydrogen-bond acceptors (Lipinski definition) is 8. The number of sulfonamides is 1. The van der Waals surface area contributed by atoms with Crippen LogP contribution in [0.25, 0.3) is 15.8 Å².